The summed E-state index contributed by atoms with van der Waals surface area (Å²) >= 11 is 0. The predicted molar refractivity (Wildman–Crippen MR) is 58.9 cm³/mol. The number of rotatable bonds is 6. The third-order valence-electron chi connectivity index (χ3n) is 2.10. The van der Waals surface area contributed by atoms with Gasteiger partial charge in [0.25, 0.3) is 0 Å². The third kappa shape index (κ3) is 3.41. The Labute approximate surface area is 98.3 Å². The van der Waals surface area contributed by atoms with Crippen LogP contribution >= 0.6 is 0 Å². The number of carbonyl (C=O) groups excluding carboxylic acids is 1. The highest BCUT2D eigenvalue weighted by Crippen LogP contribution is 2.30. The number of ether oxygens (including phenoxy) is 2. The Morgan fingerprint density at radius 1 is 1.29 bits per heavy atom. The van der Waals surface area contributed by atoms with Gasteiger partial charge in [-0.2, -0.15) is 8.78 Å². The van der Waals surface area contributed by atoms with Crippen LogP contribution in [0.3, 0.4) is 0 Å². The minimum Gasteiger partial charge on any atom is -0.493 e. The van der Waals surface area contributed by atoms with Crippen LogP contribution in [0.2, 0.25) is 0 Å². The second kappa shape index (κ2) is 6.18. The van der Waals surface area contributed by atoms with Crippen LogP contribution in [0.25, 0.3) is 0 Å². The Hall–Kier alpha value is -1.65. The summed E-state index contributed by atoms with van der Waals surface area (Å²) in [6.07, 6.45) is 0.198. The zero-order chi connectivity index (χ0) is 12.8. The molecule has 0 aromatic heterocycles. The van der Waals surface area contributed by atoms with Gasteiger partial charge in [-0.15, -0.1) is 0 Å². The van der Waals surface area contributed by atoms with E-state index in [-0.39, 0.29) is 29.3 Å². The molecule has 1 rings (SSSR count). The van der Waals surface area contributed by atoms with Gasteiger partial charge in [-0.25, -0.2) is 0 Å². The molecule has 0 spiro atoms. The van der Waals surface area contributed by atoms with Crippen molar-refractivity contribution in [2.75, 3.05) is 6.61 Å². The van der Waals surface area contributed by atoms with Crippen LogP contribution in [0.15, 0.2) is 18.2 Å². The summed E-state index contributed by atoms with van der Waals surface area (Å²) in [5, 5.41) is 0. The summed E-state index contributed by atoms with van der Waals surface area (Å²) < 4.78 is 34.0. The van der Waals surface area contributed by atoms with Crippen LogP contribution in [0.5, 0.6) is 11.5 Å². The van der Waals surface area contributed by atoms with E-state index < -0.39 is 6.61 Å². The van der Waals surface area contributed by atoms with Crippen molar-refractivity contribution < 1.29 is 23.0 Å². The van der Waals surface area contributed by atoms with E-state index in [4.69, 9.17) is 4.74 Å². The minimum atomic E-state index is -2.96. The first-order valence-electron chi connectivity index (χ1n) is 5.33. The van der Waals surface area contributed by atoms with Gasteiger partial charge in [0.2, 0.25) is 0 Å². The fourth-order valence-electron chi connectivity index (χ4n) is 1.43. The molecule has 0 aliphatic rings. The molecule has 0 saturated heterocycles. The molecule has 0 saturated carbocycles. The molecule has 0 fully saturated rings. The summed E-state index contributed by atoms with van der Waals surface area (Å²) in [5.74, 6) is -0.153. The highest BCUT2D eigenvalue weighted by Gasteiger charge is 2.19. The lowest BCUT2D eigenvalue weighted by molar-refractivity contribution is -0.0502. The van der Waals surface area contributed by atoms with Gasteiger partial charge in [0.15, 0.2) is 5.78 Å². The van der Waals surface area contributed by atoms with Gasteiger partial charge in [0, 0.05) is 6.42 Å². The number of benzene rings is 1. The maximum absolute atomic E-state index is 12.2. The van der Waals surface area contributed by atoms with Crippen molar-refractivity contribution in [3.63, 3.8) is 0 Å². The summed E-state index contributed by atoms with van der Waals surface area (Å²) in [7, 11) is 0. The van der Waals surface area contributed by atoms with Crippen molar-refractivity contribution in [1.29, 1.82) is 0 Å². The van der Waals surface area contributed by atoms with Crippen LogP contribution in [0.1, 0.15) is 30.6 Å². The Morgan fingerprint density at radius 3 is 2.47 bits per heavy atom. The minimum absolute atomic E-state index is 0.0807. The molecule has 1 aromatic carbocycles. The Morgan fingerprint density at radius 2 is 1.94 bits per heavy atom. The molecule has 5 heteroatoms. The number of hydrogen-bond donors (Lipinski definition) is 0. The Bertz CT molecular complexity index is 391. The van der Waals surface area contributed by atoms with Crippen LogP contribution in [0, 0.1) is 0 Å². The molecule has 0 aliphatic carbocycles. The maximum Gasteiger partial charge on any atom is 0.387 e. The second-order valence-electron chi connectivity index (χ2n) is 3.22. The lowest BCUT2D eigenvalue weighted by Crippen LogP contribution is -2.09. The van der Waals surface area contributed by atoms with Crippen LogP contribution in [-0.4, -0.2) is 19.0 Å². The SMILES string of the molecule is CCOc1cccc(OC(F)F)c1C(=O)CC. The first kappa shape index (κ1) is 13.4. The first-order valence-corrected chi connectivity index (χ1v) is 5.33. The average molecular weight is 244 g/mol. The molecule has 0 aliphatic heterocycles. The highest BCUT2D eigenvalue weighted by molar-refractivity contribution is 6.01. The maximum atomic E-state index is 12.2. The number of hydrogen-bond acceptors (Lipinski definition) is 3. The molecule has 17 heavy (non-hydrogen) atoms. The molecule has 0 atom stereocenters. The topological polar surface area (TPSA) is 35.5 Å². The zero-order valence-corrected chi connectivity index (χ0v) is 9.70. The van der Waals surface area contributed by atoms with Crippen molar-refractivity contribution in [1.82, 2.24) is 0 Å². The summed E-state index contributed by atoms with van der Waals surface area (Å²) in [6, 6.07) is 4.40. The quantitative estimate of drug-likeness (QED) is 0.720. The number of ketones is 1. The monoisotopic (exact) mass is 244 g/mol. The molecule has 1 aromatic rings. The molecule has 0 N–H and O–H groups in total. The van der Waals surface area contributed by atoms with Gasteiger partial charge < -0.3 is 9.47 Å². The van der Waals surface area contributed by atoms with Gasteiger partial charge in [0.05, 0.1) is 6.61 Å². The summed E-state index contributed by atoms with van der Waals surface area (Å²) in [6.45, 7) is 0.787. The molecular formula is C12H14F2O3. The van der Waals surface area contributed by atoms with E-state index in [0.717, 1.165) is 0 Å². The zero-order valence-electron chi connectivity index (χ0n) is 9.70. The van der Waals surface area contributed by atoms with Crippen molar-refractivity contribution in [2.45, 2.75) is 26.9 Å². The van der Waals surface area contributed by atoms with Gasteiger partial charge in [-0.3, -0.25) is 4.79 Å². The van der Waals surface area contributed by atoms with Crippen molar-refractivity contribution in [3.8, 4) is 11.5 Å². The number of halogens is 2. The van der Waals surface area contributed by atoms with Crippen LogP contribution in [-0.2, 0) is 0 Å². The van der Waals surface area contributed by atoms with Gasteiger partial charge in [-0.05, 0) is 19.1 Å². The molecule has 94 valence electrons. The normalized spacial score (nSPS) is 10.4. The van der Waals surface area contributed by atoms with Crippen molar-refractivity contribution in [3.05, 3.63) is 23.8 Å². The Balaban J connectivity index is 3.18. The molecule has 0 radical (unpaired) electrons. The van der Waals surface area contributed by atoms with E-state index in [1.54, 1.807) is 19.9 Å². The van der Waals surface area contributed by atoms with E-state index in [1.165, 1.54) is 12.1 Å². The van der Waals surface area contributed by atoms with Crippen LogP contribution < -0.4 is 9.47 Å². The number of alkyl halides is 2. The van der Waals surface area contributed by atoms with Gasteiger partial charge in [0.1, 0.15) is 17.1 Å². The van der Waals surface area contributed by atoms with E-state index >= 15 is 0 Å². The average Bonchev–Trinajstić information content (AvgIpc) is 2.28. The lowest BCUT2D eigenvalue weighted by Gasteiger charge is -2.13. The van der Waals surface area contributed by atoms with E-state index in [2.05, 4.69) is 4.74 Å². The van der Waals surface area contributed by atoms with E-state index in [1.807, 2.05) is 0 Å². The fraction of sp³-hybridized carbons (Fsp3) is 0.417. The Kier molecular flexibility index (Phi) is 4.87. The molecule has 3 nitrogen and oxygen atoms in total. The largest absolute Gasteiger partial charge is 0.493 e. The molecular weight excluding hydrogens is 230 g/mol. The summed E-state index contributed by atoms with van der Waals surface area (Å²) in [5.41, 5.74) is 0.0807. The highest BCUT2D eigenvalue weighted by atomic mass is 19.3. The number of carbonyl (C=O) groups is 1. The fourth-order valence-corrected chi connectivity index (χ4v) is 1.43. The summed E-state index contributed by atoms with van der Waals surface area (Å²) in [4.78, 5) is 11.7. The molecule has 0 amide bonds. The lowest BCUT2D eigenvalue weighted by atomic mass is 10.1. The predicted octanol–water partition coefficient (Wildman–Crippen LogP) is 3.28. The van der Waals surface area contributed by atoms with E-state index in [9.17, 15) is 13.6 Å². The van der Waals surface area contributed by atoms with Crippen molar-refractivity contribution >= 4 is 5.78 Å². The van der Waals surface area contributed by atoms with Gasteiger partial charge in [-0.1, -0.05) is 13.0 Å². The second-order valence-corrected chi connectivity index (χ2v) is 3.22. The number of Topliss-reactive ketones (excluding diaryl/α,β-unsaturated/α-hetero) is 1. The molecule has 0 heterocycles. The van der Waals surface area contributed by atoms with Gasteiger partial charge >= 0.3 is 6.61 Å². The first-order chi connectivity index (χ1) is 8.10. The van der Waals surface area contributed by atoms with Crippen LogP contribution in [0.4, 0.5) is 8.78 Å². The smallest absolute Gasteiger partial charge is 0.387 e. The van der Waals surface area contributed by atoms with Crippen molar-refractivity contribution in [2.24, 2.45) is 0 Å². The molecule has 0 bridgehead atoms. The third-order valence-corrected chi connectivity index (χ3v) is 2.10. The standard InChI is InChI=1S/C12H14F2O3/c1-3-8(15)11-9(16-4-2)6-5-7-10(11)17-12(13)14/h5-7,12H,3-4H2,1-2H3. The molecule has 0 unspecified atom stereocenters. The van der Waals surface area contributed by atoms with E-state index in [0.29, 0.717) is 6.61 Å².